The second-order valence-corrected chi connectivity index (χ2v) is 4.67. The van der Waals surface area contributed by atoms with Crippen LogP contribution in [0.1, 0.15) is 6.42 Å². The minimum atomic E-state index is 0. The molecule has 2 heterocycles. The van der Waals surface area contributed by atoms with Crippen LogP contribution >= 0.6 is 23.7 Å². The number of ether oxygens (including phenoxy) is 1. The Morgan fingerprint density at radius 3 is 3.00 bits per heavy atom. The number of rotatable bonds is 2. The highest BCUT2D eigenvalue weighted by Crippen LogP contribution is 2.28. The van der Waals surface area contributed by atoms with Crippen molar-refractivity contribution >= 4 is 34.0 Å². The van der Waals surface area contributed by atoms with Crippen LogP contribution in [0.2, 0.25) is 0 Å². The van der Waals surface area contributed by atoms with Gasteiger partial charge in [0.05, 0.1) is 10.2 Å². The molecular weight excluding hydrogens is 244 g/mol. The molecule has 1 N–H and O–H groups in total. The lowest BCUT2D eigenvalue weighted by Crippen LogP contribution is -2.19. The highest BCUT2D eigenvalue weighted by molar-refractivity contribution is 7.20. The van der Waals surface area contributed by atoms with Crippen LogP contribution in [0.5, 0.6) is 5.19 Å². The van der Waals surface area contributed by atoms with E-state index in [9.17, 15) is 0 Å². The highest BCUT2D eigenvalue weighted by atomic mass is 35.5. The average Bonchev–Trinajstić information content (AvgIpc) is 2.86. The van der Waals surface area contributed by atoms with E-state index in [-0.39, 0.29) is 12.4 Å². The Morgan fingerprint density at radius 1 is 1.38 bits per heavy atom. The summed E-state index contributed by atoms with van der Waals surface area (Å²) < 4.78 is 7.00. The molecular formula is C11H13ClN2OS. The van der Waals surface area contributed by atoms with Crippen molar-refractivity contribution in [2.24, 2.45) is 0 Å². The number of hydrogen-bond donors (Lipinski definition) is 1. The zero-order valence-corrected chi connectivity index (χ0v) is 10.3. The average molecular weight is 257 g/mol. The third-order valence-electron chi connectivity index (χ3n) is 2.56. The van der Waals surface area contributed by atoms with Gasteiger partial charge in [-0.2, -0.15) is 0 Å². The van der Waals surface area contributed by atoms with E-state index in [1.54, 1.807) is 11.3 Å². The lowest BCUT2D eigenvalue weighted by atomic mass is 10.3. The first-order valence-electron chi connectivity index (χ1n) is 5.15. The summed E-state index contributed by atoms with van der Waals surface area (Å²) in [5.74, 6) is 0. The molecule has 3 rings (SSSR count). The van der Waals surface area contributed by atoms with E-state index in [4.69, 9.17) is 4.74 Å². The summed E-state index contributed by atoms with van der Waals surface area (Å²) in [6, 6.07) is 8.13. The molecule has 0 aliphatic carbocycles. The Kier molecular flexibility index (Phi) is 3.63. The number of nitrogens with one attached hydrogen (secondary N) is 1. The van der Waals surface area contributed by atoms with Gasteiger partial charge in [-0.1, -0.05) is 23.5 Å². The van der Waals surface area contributed by atoms with Gasteiger partial charge in [0, 0.05) is 6.54 Å². The van der Waals surface area contributed by atoms with Crippen molar-refractivity contribution < 1.29 is 4.74 Å². The zero-order valence-electron chi connectivity index (χ0n) is 8.68. The molecule has 86 valence electrons. The van der Waals surface area contributed by atoms with E-state index in [2.05, 4.69) is 16.4 Å². The summed E-state index contributed by atoms with van der Waals surface area (Å²) in [6.45, 7) is 1.99. The quantitative estimate of drug-likeness (QED) is 0.896. The van der Waals surface area contributed by atoms with Gasteiger partial charge in [-0.15, -0.1) is 12.4 Å². The second kappa shape index (κ2) is 4.99. The Balaban J connectivity index is 0.000000963. The fourth-order valence-corrected chi connectivity index (χ4v) is 2.65. The zero-order chi connectivity index (χ0) is 10.1. The van der Waals surface area contributed by atoms with Crippen LogP contribution in [0.3, 0.4) is 0 Å². The van der Waals surface area contributed by atoms with E-state index >= 15 is 0 Å². The number of fused-ring (bicyclic) bond motifs is 1. The number of thiazole rings is 1. The number of hydrogen-bond acceptors (Lipinski definition) is 4. The molecule has 0 amide bonds. The number of aromatic nitrogens is 1. The predicted molar refractivity (Wildman–Crippen MR) is 68.8 cm³/mol. The fourth-order valence-electron chi connectivity index (χ4n) is 1.77. The summed E-state index contributed by atoms with van der Waals surface area (Å²) in [5, 5.41) is 4.07. The molecule has 2 aromatic rings. The van der Waals surface area contributed by atoms with Crippen LogP contribution < -0.4 is 10.1 Å². The first-order chi connectivity index (χ1) is 7.42. The molecule has 0 unspecified atom stereocenters. The largest absolute Gasteiger partial charge is 0.465 e. The third kappa shape index (κ3) is 2.29. The topological polar surface area (TPSA) is 34.1 Å². The van der Waals surface area contributed by atoms with Crippen molar-refractivity contribution in [3.05, 3.63) is 24.3 Å². The number of benzene rings is 1. The van der Waals surface area contributed by atoms with Gasteiger partial charge >= 0.3 is 0 Å². The van der Waals surface area contributed by atoms with Crippen molar-refractivity contribution in [1.82, 2.24) is 10.3 Å². The first-order valence-corrected chi connectivity index (χ1v) is 5.96. The van der Waals surface area contributed by atoms with E-state index in [1.807, 2.05) is 18.2 Å². The molecule has 5 heteroatoms. The normalized spacial score (nSPS) is 19.6. The molecule has 0 bridgehead atoms. The fraction of sp³-hybridized carbons (Fsp3) is 0.364. The van der Waals surface area contributed by atoms with Crippen molar-refractivity contribution in [3.8, 4) is 5.19 Å². The van der Waals surface area contributed by atoms with Gasteiger partial charge in [0.25, 0.3) is 5.19 Å². The third-order valence-corrected chi connectivity index (χ3v) is 3.48. The molecule has 16 heavy (non-hydrogen) atoms. The van der Waals surface area contributed by atoms with Gasteiger partial charge in [0.2, 0.25) is 0 Å². The van der Waals surface area contributed by atoms with E-state index in [0.717, 1.165) is 30.2 Å². The van der Waals surface area contributed by atoms with Gasteiger partial charge < -0.3 is 10.1 Å². The Bertz CT molecular complexity index is 435. The molecule has 0 saturated carbocycles. The lowest BCUT2D eigenvalue weighted by Gasteiger charge is -2.07. The summed E-state index contributed by atoms with van der Waals surface area (Å²) in [7, 11) is 0. The number of nitrogens with zero attached hydrogens (tertiary/aromatic N) is 1. The van der Waals surface area contributed by atoms with Gasteiger partial charge in [0.15, 0.2) is 0 Å². The molecule has 1 atom stereocenters. The van der Waals surface area contributed by atoms with Crippen LogP contribution in [0.4, 0.5) is 0 Å². The van der Waals surface area contributed by atoms with Crippen LogP contribution in [-0.2, 0) is 0 Å². The molecule has 1 aromatic carbocycles. The van der Waals surface area contributed by atoms with Crippen molar-refractivity contribution in [2.45, 2.75) is 12.5 Å². The van der Waals surface area contributed by atoms with Gasteiger partial charge in [0.1, 0.15) is 6.10 Å². The molecule has 3 nitrogen and oxygen atoms in total. The smallest absolute Gasteiger partial charge is 0.274 e. The second-order valence-electron chi connectivity index (χ2n) is 3.68. The maximum atomic E-state index is 5.81. The molecule has 1 aliphatic rings. The van der Waals surface area contributed by atoms with Gasteiger partial charge in [-0.05, 0) is 25.1 Å². The molecule has 1 aliphatic heterocycles. The Morgan fingerprint density at radius 2 is 2.25 bits per heavy atom. The van der Waals surface area contributed by atoms with Crippen LogP contribution in [-0.4, -0.2) is 24.2 Å². The monoisotopic (exact) mass is 256 g/mol. The Hall–Kier alpha value is -0.840. The van der Waals surface area contributed by atoms with E-state index in [0.29, 0.717) is 6.10 Å². The maximum Gasteiger partial charge on any atom is 0.274 e. The highest BCUT2D eigenvalue weighted by Gasteiger charge is 2.17. The van der Waals surface area contributed by atoms with E-state index < -0.39 is 0 Å². The van der Waals surface area contributed by atoms with Crippen molar-refractivity contribution in [2.75, 3.05) is 13.1 Å². The summed E-state index contributed by atoms with van der Waals surface area (Å²) in [6.07, 6.45) is 1.38. The van der Waals surface area contributed by atoms with Crippen LogP contribution in [0.25, 0.3) is 10.2 Å². The summed E-state index contributed by atoms with van der Waals surface area (Å²) in [5.41, 5.74) is 1.03. The molecule has 0 spiro atoms. The molecule has 0 radical (unpaired) electrons. The predicted octanol–water partition coefficient (Wildman–Crippen LogP) is 2.46. The number of para-hydroxylation sites is 1. The summed E-state index contributed by atoms with van der Waals surface area (Å²) >= 11 is 1.62. The molecule has 1 fully saturated rings. The minimum absolute atomic E-state index is 0. The van der Waals surface area contributed by atoms with Crippen LogP contribution in [0.15, 0.2) is 24.3 Å². The van der Waals surface area contributed by atoms with Gasteiger partial charge in [-0.3, -0.25) is 0 Å². The van der Waals surface area contributed by atoms with E-state index in [1.165, 1.54) is 4.70 Å². The van der Waals surface area contributed by atoms with Gasteiger partial charge in [-0.25, -0.2) is 4.98 Å². The summed E-state index contributed by atoms with van der Waals surface area (Å²) in [4.78, 5) is 4.44. The SMILES string of the molecule is Cl.c1ccc2sc(O[C@H]3CCNC3)nc2c1. The number of halogens is 1. The van der Waals surface area contributed by atoms with Crippen molar-refractivity contribution in [1.29, 1.82) is 0 Å². The standard InChI is InChI=1S/C11H12N2OS.ClH/c1-2-4-10-9(3-1)13-11(15-10)14-8-5-6-12-7-8;/h1-4,8,12H,5-7H2;1H/t8-;/m0./s1. The first kappa shape index (κ1) is 11.6. The minimum Gasteiger partial charge on any atom is -0.465 e. The maximum absolute atomic E-state index is 5.81. The van der Waals surface area contributed by atoms with Crippen LogP contribution in [0, 0.1) is 0 Å². The van der Waals surface area contributed by atoms with Crippen molar-refractivity contribution in [3.63, 3.8) is 0 Å². The molecule has 1 aromatic heterocycles. The lowest BCUT2D eigenvalue weighted by molar-refractivity contribution is 0.222. The Labute approximate surface area is 104 Å². The molecule has 1 saturated heterocycles.